The molecule has 22 heavy (non-hydrogen) atoms. The Morgan fingerprint density at radius 3 is 2.77 bits per heavy atom. The van der Waals surface area contributed by atoms with Gasteiger partial charge in [0.2, 0.25) is 5.88 Å². The number of fused-ring (bicyclic) bond motifs is 1. The van der Waals surface area contributed by atoms with Crippen molar-refractivity contribution in [3.63, 3.8) is 0 Å². The summed E-state index contributed by atoms with van der Waals surface area (Å²) in [5, 5.41) is 0.551. The maximum Gasteiger partial charge on any atom is 0.215 e. The molecular formula is C17H17N3O2. The number of H-pyrrole nitrogens is 1. The number of rotatable bonds is 4. The van der Waals surface area contributed by atoms with E-state index < -0.39 is 0 Å². The maximum absolute atomic E-state index is 12.6. The lowest BCUT2D eigenvalue weighted by atomic mass is 10.0. The van der Waals surface area contributed by atoms with Crippen molar-refractivity contribution in [1.82, 2.24) is 9.97 Å². The summed E-state index contributed by atoms with van der Waals surface area (Å²) in [6.45, 7) is 2.43. The third-order valence-electron chi connectivity index (χ3n) is 3.52. The van der Waals surface area contributed by atoms with E-state index in [2.05, 4.69) is 9.97 Å². The van der Waals surface area contributed by atoms with Crippen LogP contribution in [0.25, 0.3) is 11.0 Å². The number of ether oxygens (including phenoxy) is 1. The number of nitrogen functional groups attached to an aromatic ring is 1. The first-order chi connectivity index (χ1) is 10.7. The molecule has 3 N–H and O–H groups in total. The van der Waals surface area contributed by atoms with E-state index in [4.69, 9.17) is 10.5 Å². The van der Waals surface area contributed by atoms with Crippen LogP contribution in [-0.2, 0) is 6.42 Å². The van der Waals surface area contributed by atoms with Crippen LogP contribution < -0.4 is 15.9 Å². The van der Waals surface area contributed by atoms with E-state index in [1.54, 1.807) is 18.3 Å². The number of nitrogens with two attached hydrogens (primary N) is 1. The average Bonchev–Trinajstić information content (AvgIpc) is 2.52. The number of anilines is 1. The third-order valence-corrected chi connectivity index (χ3v) is 3.52. The van der Waals surface area contributed by atoms with Gasteiger partial charge in [-0.1, -0.05) is 18.2 Å². The minimum Gasteiger partial charge on any atom is -0.478 e. The third kappa shape index (κ3) is 2.65. The van der Waals surface area contributed by atoms with Gasteiger partial charge in [-0.2, -0.15) is 4.98 Å². The molecule has 0 radical (unpaired) electrons. The summed E-state index contributed by atoms with van der Waals surface area (Å²) >= 11 is 0. The number of pyridine rings is 2. The largest absolute Gasteiger partial charge is 0.478 e. The average molecular weight is 295 g/mol. The van der Waals surface area contributed by atoms with Crippen LogP contribution in [0.2, 0.25) is 0 Å². The molecule has 5 heteroatoms. The van der Waals surface area contributed by atoms with Crippen LogP contribution in [-0.4, -0.2) is 16.6 Å². The Balaban J connectivity index is 2.02. The van der Waals surface area contributed by atoms with Gasteiger partial charge in [-0.05, 0) is 24.6 Å². The normalized spacial score (nSPS) is 10.8. The zero-order valence-electron chi connectivity index (χ0n) is 12.3. The van der Waals surface area contributed by atoms with Crippen LogP contribution >= 0.6 is 0 Å². The first kappa shape index (κ1) is 14.1. The van der Waals surface area contributed by atoms with Crippen molar-refractivity contribution in [2.45, 2.75) is 13.3 Å². The minimum atomic E-state index is -0.0347. The summed E-state index contributed by atoms with van der Waals surface area (Å²) in [4.78, 5) is 19.9. The van der Waals surface area contributed by atoms with Crippen molar-refractivity contribution in [1.29, 1.82) is 0 Å². The van der Waals surface area contributed by atoms with Gasteiger partial charge in [0, 0.05) is 29.9 Å². The van der Waals surface area contributed by atoms with Gasteiger partial charge in [-0.25, -0.2) is 0 Å². The molecule has 0 bridgehead atoms. The first-order valence-corrected chi connectivity index (χ1v) is 7.16. The van der Waals surface area contributed by atoms with E-state index in [1.165, 1.54) is 0 Å². The molecule has 0 spiro atoms. The second kappa shape index (κ2) is 5.89. The van der Waals surface area contributed by atoms with Gasteiger partial charge in [-0.3, -0.25) is 4.79 Å². The second-order valence-corrected chi connectivity index (χ2v) is 5.00. The lowest BCUT2D eigenvalue weighted by Crippen LogP contribution is -2.12. The molecule has 0 atom stereocenters. The van der Waals surface area contributed by atoms with Crippen LogP contribution in [0.4, 0.5) is 5.69 Å². The molecule has 0 aliphatic heterocycles. The predicted octanol–water partition coefficient (Wildman–Crippen LogP) is 2.49. The van der Waals surface area contributed by atoms with Gasteiger partial charge in [-0.15, -0.1) is 0 Å². The summed E-state index contributed by atoms with van der Waals surface area (Å²) in [6.07, 6.45) is 2.19. The van der Waals surface area contributed by atoms with Crippen LogP contribution in [0.5, 0.6) is 5.88 Å². The van der Waals surface area contributed by atoms with Crippen molar-refractivity contribution in [2.24, 2.45) is 0 Å². The fraction of sp³-hybridized carbons (Fsp3) is 0.176. The molecule has 0 saturated heterocycles. The molecular weight excluding hydrogens is 278 g/mol. The van der Waals surface area contributed by atoms with Crippen molar-refractivity contribution in [3.8, 4) is 5.88 Å². The highest BCUT2D eigenvalue weighted by Crippen LogP contribution is 2.16. The number of hydrogen-bond donors (Lipinski definition) is 2. The Bertz CT molecular complexity index is 871. The number of benzene rings is 1. The molecule has 0 aliphatic carbocycles. The Morgan fingerprint density at radius 2 is 2.00 bits per heavy atom. The minimum absolute atomic E-state index is 0.0347. The summed E-state index contributed by atoms with van der Waals surface area (Å²) in [5.74, 6) is 0.505. The topological polar surface area (TPSA) is 81.0 Å². The number of hydrogen-bond acceptors (Lipinski definition) is 4. The number of nitrogens with one attached hydrogen (secondary N) is 1. The van der Waals surface area contributed by atoms with Crippen molar-refractivity contribution >= 4 is 16.7 Å². The van der Waals surface area contributed by atoms with Crippen molar-refractivity contribution in [3.05, 3.63) is 63.9 Å². The van der Waals surface area contributed by atoms with Gasteiger partial charge < -0.3 is 15.5 Å². The fourth-order valence-electron chi connectivity index (χ4n) is 2.39. The summed E-state index contributed by atoms with van der Waals surface area (Å²) in [6, 6.07) is 11.0. The monoisotopic (exact) mass is 295 g/mol. The van der Waals surface area contributed by atoms with Gasteiger partial charge in [0.05, 0.1) is 12.0 Å². The van der Waals surface area contributed by atoms with Crippen molar-refractivity contribution in [2.75, 3.05) is 12.3 Å². The van der Waals surface area contributed by atoms with Crippen LogP contribution in [0.1, 0.15) is 18.1 Å². The van der Waals surface area contributed by atoms with Crippen molar-refractivity contribution < 1.29 is 4.74 Å². The molecule has 1 aromatic carbocycles. The molecule has 2 aromatic heterocycles. The number of aromatic nitrogens is 2. The number of nitrogens with zero attached hydrogens (tertiary/aromatic N) is 1. The highest BCUT2D eigenvalue weighted by Gasteiger charge is 2.09. The molecule has 0 unspecified atom stereocenters. The Morgan fingerprint density at radius 1 is 1.18 bits per heavy atom. The van der Waals surface area contributed by atoms with E-state index >= 15 is 0 Å². The smallest absolute Gasteiger partial charge is 0.215 e. The van der Waals surface area contributed by atoms with E-state index in [9.17, 15) is 4.79 Å². The SMILES string of the molecule is CCOc1ccc2c(=O)c(Cc3ccccc3N)c[nH]c2n1. The van der Waals surface area contributed by atoms with Gasteiger partial charge in [0.25, 0.3) is 0 Å². The first-order valence-electron chi connectivity index (χ1n) is 7.16. The molecule has 0 amide bonds. The predicted molar refractivity (Wildman–Crippen MR) is 87.2 cm³/mol. The Labute approximate surface area is 127 Å². The van der Waals surface area contributed by atoms with Crippen LogP contribution in [0.15, 0.2) is 47.4 Å². The quantitative estimate of drug-likeness (QED) is 0.725. The molecule has 112 valence electrons. The maximum atomic E-state index is 12.6. The highest BCUT2D eigenvalue weighted by atomic mass is 16.5. The number of para-hydroxylation sites is 1. The number of aromatic amines is 1. The molecule has 3 aromatic rings. The Kier molecular flexibility index (Phi) is 3.78. The molecule has 5 nitrogen and oxygen atoms in total. The summed E-state index contributed by atoms with van der Waals surface area (Å²) in [7, 11) is 0. The molecule has 0 fully saturated rings. The van der Waals surface area contributed by atoms with E-state index in [1.807, 2.05) is 31.2 Å². The zero-order chi connectivity index (χ0) is 15.5. The lowest BCUT2D eigenvalue weighted by Gasteiger charge is -2.07. The summed E-state index contributed by atoms with van der Waals surface area (Å²) in [5.41, 5.74) is 8.72. The molecule has 3 rings (SSSR count). The van der Waals surface area contributed by atoms with E-state index in [-0.39, 0.29) is 5.43 Å². The lowest BCUT2D eigenvalue weighted by molar-refractivity contribution is 0.328. The molecule has 0 aliphatic rings. The van der Waals surface area contributed by atoms with Gasteiger partial charge >= 0.3 is 0 Å². The molecule has 0 saturated carbocycles. The Hall–Kier alpha value is -2.82. The second-order valence-electron chi connectivity index (χ2n) is 5.00. The van der Waals surface area contributed by atoms with Crippen LogP contribution in [0.3, 0.4) is 0 Å². The van der Waals surface area contributed by atoms with Gasteiger partial charge in [0.15, 0.2) is 5.43 Å². The van der Waals surface area contributed by atoms with E-state index in [0.29, 0.717) is 41.2 Å². The standard InChI is InChI=1S/C17H17N3O2/c1-2-22-15-8-7-13-16(21)12(10-19-17(13)20-15)9-11-5-3-4-6-14(11)18/h3-8,10H,2,9,18H2,1H3,(H,19,20,21). The molecule has 2 heterocycles. The van der Waals surface area contributed by atoms with E-state index in [0.717, 1.165) is 5.56 Å². The summed E-state index contributed by atoms with van der Waals surface area (Å²) < 4.78 is 5.35. The van der Waals surface area contributed by atoms with Gasteiger partial charge in [0.1, 0.15) is 5.65 Å². The fourth-order valence-corrected chi connectivity index (χ4v) is 2.39. The van der Waals surface area contributed by atoms with Crippen LogP contribution in [0, 0.1) is 0 Å². The highest BCUT2D eigenvalue weighted by molar-refractivity contribution is 5.75. The zero-order valence-corrected chi connectivity index (χ0v) is 12.3.